The third-order valence-electron chi connectivity index (χ3n) is 0.712. The van der Waals surface area contributed by atoms with Crippen LogP contribution in [0.1, 0.15) is 0 Å². The van der Waals surface area contributed by atoms with Crippen molar-refractivity contribution in [1.82, 2.24) is 0 Å². The average molecular weight is 146 g/mol. The lowest BCUT2D eigenvalue weighted by Gasteiger charge is -1.92. The van der Waals surface area contributed by atoms with E-state index in [9.17, 15) is 4.79 Å². The standard InChI is InChI=1S/C6H10O4/c7-3-1-2-4-10-5-6(8)9/h1-2,7H,3-5H2,(H,8,9). The van der Waals surface area contributed by atoms with Crippen molar-refractivity contribution in [3.8, 4) is 0 Å². The number of carboxylic acid groups (broad SMARTS) is 1. The summed E-state index contributed by atoms with van der Waals surface area (Å²) in [6.45, 7) is -0.112. The van der Waals surface area contributed by atoms with Gasteiger partial charge in [0.05, 0.1) is 13.2 Å². The highest BCUT2D eigenvalue weighted by molar-refractivity contribution is 5.67. The SMILES string of the molecule is O=C(O)COCC=CCO. The first-order chi connectivity index (χ1) is 4.77. The van der Waals surface area contributed by atoms with Gasteiger partial charge in [-0.25, -0.2) is 4.79 Å². The third kappa shape index (κ3) is 7.13. The molecule has 4 nitrogen and oxygen atoms in total. The summed E-state index contributed by atoms with van der Waals surface area (Å²) in [5.41, 5.74) is 0. The van der Waals surface area contributed by atoms with E-state index in [0.29, 0.717) is 0 Å². The summed E-state index contributed by atoms with van der Waals surface area (Å²) in [4.78, 5) is 9.83. The van der Waals surface area contributed by atoms with E-state index in [1.165, 1.54) is 6.08 Å². The molecule has 10 heavy (non-hydrogen) atoms. The van der Waals surface area contributed by atoms with Gasteiger partial charge in [-0.1, -0.05) is 12.2 Å². The first-order valence-corrected chi connectivity index (χ1v) is 2.82. The molecular weight excluding hydrogens is 136 g/mol. The minimum atomic E-state index is -0.989. The Balaban J connectivity index is 3.05. The quantitative estimate of drug-likeness (QED) is 0.410. The van der Waals surface area contributed by atoms with Crippen LogP contribution in [0.5, 0.6) is 0 Å². The van der Waals surface area contributed by atoms with Gasteiger partial charge in [0.25, 0.3) is 0 Å². The van der Waals surface area contributed by atoms with Gasteiger partial charge in [-0.05, 0) is 0 Å². The highest BCUT2D eigenvalue weighted by Gasteiger charge is 1.91. The molecule has 0 aliphatic heterocycles. The smallest absolute Gasteiger partial charge is 0.329 e. The second-order valence-electron chi connectivity index (χ2n) is 1.56. The van der Waals surface area contributed by atoms with Gasteiger partial charge in [-0.15, -0.1) is 0 Å². The maximum atomic E-state index is 9.83. The van der Waals surface area contributed by atoms with E-state index in [0.717, 1.165) is 0 Å². The van der Waals surface area contributed by atoms with Crippen LogP contribution in [0.15, 0.2) is 12.2 Å². The molecule has 58 valence electrons. The fourth-order valence-electron chi connectivity index (χ4n) is 0.357. The van der Waals surface area contributed by atoms with Crippen molar-refractivity contribution in [3.05, 3.63) is 12.2 Å². The Hall–Kier alpha value is -0.870. The summed E-state index contributed by atoms with van der Waals surface area (Å²) in [5, 5.41) is 16.3. The van der Waals surface area contributed by atoms with Gasteiger partial charge in [-0.2, -0.15) is 0 Å². The number of ether oxygens (including phenoxy) is 1. The molecule has 0 saturated carbocycles. The number of aliphatic hydroxyl groups is 1. The molecular formula is C6H10O4. The zero-order valence-electron chi connectivity index (χ0n) is 5.49. The van der Waals surface area contributed by atoms with Crippen LogP contribution in [-0.2, 0) is 9.53 Å². The molecule has 0 aromatic heterocycles. The number of aliphatic hydroxyl groups excluding tert-OH is 1. The minimum Gasteiger partial charge on any atom is -0.480 e. The number of hydrogen-bond acceptors (Lipinski definition) is 3. The Morgan fingerprint density at radius 1 is 1.50 bits per heavy atom. The molecule has 0 heterocycles. The molecule has 0 amide bonds. The zero-order chi connectivity index (χ0) is 7.82. The van der Waals surface area contributed by atoms with Crippen molar-refractivity contribution < 1.29 is 19.7 Å². The van der Waals surface area contributed by atoms with Crippen molar-refractivity contribution in [2.45, 2.75) is 0 Å². The Morgan fingerprint density at radius 3 is 2.70 bits per heavy atom. The summed E-state index contributed by atoms with van der Waals surface area (Å²) in [7, 11) is 0. The molecule has 0 aromatic rings. The van der Waals surface area contributed by atoms with Gasteiger partial charge in [-0.3, -0.25) is 0 Å². The Bertz CT molecular complexity index is 119. The highest BCUT2D eigenvalue weighted by Crippen LogP contribution is 1.76. The van der Waals surface area contributed by atoms with Crippen molar-refractivity contribution in [3.63, 3.8) is 0 Å². The maximum Gasteiger partial charge on any atom is 0.329 e. The normalized spacial score (nSPS) is 10.5. The van der Waals surface area contributed by atoms with Gasteiger partial charge in [0.1, 0.15) is 6.61 Å². The van der Waals surface area contributed by atoms with Crippen molar-refractivity contribution >= 4 is 5.97 Å². The molecule has 0 aliphatic rings. The van der Waals surface area contributed by atoms with Crippen LogP contribution in [-0.4, -0.2) is 36.0 Å². The van der Waals surface area contributed by atoms with E-state index >= 15 is 0 Å². The minimum absolute atomic E-state index is 0.0452. The van der Waals surface area contributed by atoms with Gasteiger partial charge < -0.3 is 14.9 Å². The van der Waals surface area contributed by atoms with Crippen LogP contribution in [0.4, 0.5) is 0 Å². The Morgan fingerprint density at radius 2 is 2.20 bits per heavy atom. The lowest BCUT2D eigenvalue weighted by Crippen LogP contribution is -2.06. The van der Waals surface area contributed by atoms with Crippen molar-refractivity contribution in [2.75, 3.05) is 19.8 Å². The third-order valence-corrected chi connectivity index (χ3v) is 0.712. The molecule has 0 atom stereocenters. The Labute approximate surface area is 58.7 Å². The van der Waals surface area contributed by atoms with Crippen LogP contribution in [0, 0.1) is 0 Å². The zero-order valence-corrected chi connectivity index (χ0v) is 5.49. The van der Waals surface area contributed by atoms with Gasteiger partial charge >= 0.3 is 5.97 Å². The molecule has 4 heteroatoms. The second-order valence-corrected chi connectivity index (χ2v) is 1.56. The fourth-order valence-corrected chi connectivity index (χ4v) is 0.357. The predicted octanol–water partition coefficient (Wildman–Crippen LogP) is -0.364. The molecule has 0 aromatic carbocycles. The number of carbonyl (C=O) groups is 1. The first-order valence-electron chi connectivity index (χ1n) is 2.82. The van der Waals surface area contributed by atoms with E-state index < -0.39 is 5.97 Å². The number of carboxylic acids is 1. The lowest BCUT2D eigenvalue weighted by atomic mass is 10.5. The van der Waals surface area contributed by atoms with E-state index in [1.807, 2.05) is 0 Å². The molecule has 0 bridgehead atoms. The molecule has 0 spiro atoms. The van der Waals surface area contributed by atoms with Gasteiger partial charge in [0.2, 0.25) is 0 Å². The number of rotatable bonds is 5. The predicted molar refractivity (Wildman–Crippen MR) is 34.7 cm³/mol. The van der Waals surface area contributed by atoms with Crippen LogP contribution in [0.2, 0.25) is 0 Å². The lowest BCUT2D eigenvalue weighted by molar-refractivity contribution is -0.141. The molecule has 0 saturated heterocycles. The Kier molecular flexibility index (Phi) is 5.71. The van der Waals surface area contributed by atoms with Crippen LogP contribution >= 0.6 is 0 Å². The molecule has 0 rings (SSSR count). The van der Waals surface area contributed by atoms with Crippen LogP contribution in [0.3, 0.4) is 0 Å². The van der Waals surface area contributed by atoms with E-state index in [2.05, 4.69) is 4.74 Å². The topological polar surface area (TPSA) is 66.8 Å². The van der Waals surface area contributed by atoms with Crippen molar-refractivity contribution in [1.29, 1.82) is 0 Å². The van der Waals surface area contributed by atoms with Crippen molar-refractivity contribution in [2.24, 2.45) is 0 Å². The molecule has 0 radical (unpaired) electrons. The maximum absolute atomic E-state index is 9.83. The summed E-state index contributed by atoms with van der Waals surface area (Å²) >= 11 is 0. The second kappa shape index (κ2) is 6.25. The van der Waals surface area contributed by atoms with Gasteiger partial charge in [0.15, 0.2) is 0 Å². The van der Waals surface area contributed by atoms with Gasteiger partial charge in [0, 0.05) is 0 Å². The first kappa shape index (κ1) is 9.13. The molecule has 0 unspecified atom stereocenters. The largest absolute Gasteiger partial charge is 0.480 e. The van der Waals surface area contributed by atoms with Crippen LogP contribution in [0.25, 0.3) is 0 Å². The molecule has 0 fully saturated rings. The number of hydrogen-bond donors (Lipinski definition) is 2. The average Bonchev–Trinajstić information content (AvgIpc) is 1.87. The molecule has 2 N–H and O–H groups in total. The van der Waals surface area contributed by atoms with E-state index in [4.69, 9.17) is 10.2 Å². The summed E-state index contributed by atoms with van der Waals surface area (Å²) in [6, 6.07) is 0. The molecule has 0 aliphatic carbocycles. The highest BCUT2D eigenvalue weighted by atomic mass is 16.5. The summed E-state index contributed by atoms with van der Waals surface area (Å²) in [6.07, 6.45) is 3.05. The monoisotopic (exact) mass is 146 g/mol. The summed E-state index contributed by atoms with van der Waals surface area (Å²) < 4.78 is 4.60. The van der Waals surface area contributed by atoms with Crippen LogP contribution < -0.4 is 0 Å². The van der Waals surface area contributed by atoms with E-state index in [1.54, 1.807) is 6.08 Å². The van der Waals surface area contributed by atoms with E-state index in [-0.39, 0.29) is 19.8 Å². The number of aliphatic carboxylic acids is 1. The fraction of sp³-hybridized carbons (Fsp3) is 0.500. The summed E-state index contributed by atoms with van der Waals surface area (Å²) in [5.74, 6) is -0.989.